The van der Waals surface area contributed by atoms with Crippen LogP contribution in [0.2, 0.25) is 0 Å². The van der Waals surface area contributed by atoms with Gasteiger partial charge in [0.2, 0.25) is 0 Å². The van der Waals surface area contributed by atoms with Crippen LogP contribution in [0.4, 0.5) is 0 Å². The second kappa shape index (κ2) is 10.0. The summed E-state index contributed by atoms with van der Waals surface area (Å²) in [5.74, 6) is 0.992. The predicted octanol–water partition coefficient (Wildman–Crippen LogP) is 3.38. The molecule has 24 heavy (non-hydrogen) atoms. The number of aliphatic hydroxyl groups is 1. The zero-order valence-electron chi connectivity index (χ0n) is 13.4. The van der Waals surface area contributed by atoms with Crippen molar-refractivity contribution < 1.29 is 19.7 Å². The second-order valence-corrected chi connectivity index (χ2v) is 6.61. The van der Waals surface area contributed by atoms with E-state index in [1.54, 1.807) is 0 Å². The van der Waals surface area contributed by atoms with Crippen molar-refractivity contribution in [2.75, 3.05) is 11.5 Å². The summed E-state index contributed by atoms with van der Waals surface area (Å²) in [6, 6.07) is 17.6. The molecular formula is C19H22O4S. The molecule has 2 aromatic rings. The highest BCUT2D eigenvalue weighted by molar-refractivity contribution is 7.99. The summed E-state index contributed by atoms with van der Waals surface area (Å²) in [6.07, 6.45) is 0.0874. The molecule has 5 heteroatoms. The van der Waals surface area contributed by atoms with Crippen LogP contribution in [0.15, 0.2) is 54.6 Å². The number of rotatable bonds is 10. The number of carboxylic acid groups (broad SMARTS) is 1. The molecular weight excluding hydrogens is 324 g/mol. The average molecular weight is 346 g/mol. The SMILES string of the molecule is O=C(O)CCSCC(O)Cc1ccccc1OCc1ccccc1. The van der Waals surface area contributed by atoms with Crippen LogP contribution in [0.5, 0.6) is 5.75 Å². The highest BCUT2D eigenvalue weighted by atomic mass is 32.2. The van der Waals surface area contributed by atoms with Gasteiger partial charge in [-0.15, -0.1) is 0 Å². The van der Waals surface area contributed by atoms with Gasteiger partial charge in [-0.05, 0) is 17.2 Å². The molecule has 0 spiro atoms. The zero-order chi connectivity index (χ0) is 17.2. The highest BCUT2D eigenvalue weighted by Crippen LogP contribution is 2.22. The van der Waals surface area contributed by atoms with Crippen LogP contribution in [0, 0.1) is 0 Å². The molecule has 0 saturated carbocycles. The van der Waals surface area contributed by atoms with Crippen molar-refractivity contribution in [3.8, 4) is 5.75 Å². The first-order valence-corrected chi connectivity index (χ1v) is 9.03. The van der Waals surface area contributed by atoms with Crippen LogP contribution in [0.3, 0.4) is 0 Å². The van der Waals surface area contributed by atoms with Gasteiger partial charge in [-0.25, -0.2) is 0 Å². The van der Waals surface area contributed by atoms with Crippen molar-refractivity contribution in [3.63, 3.8) is 0 Å². The molecule has 0 saturated heterocycles. The van der Waals surface area contributed by atoms with E-state index in [1.165, 1.54) is 11.8 Å². The lowest BCUT2D eigenvalue weighted by Crippen LogP contribution is -2.15. The van der Waals surface area contributed by atoms with Crippen molar-refractivity contribution in [1.82, 2.24) is 0 Å². The van der Waals surface area contributed by atoms with Gasteiger partial charge >= 0.3 is 5.97 Å². The Labute approximate surface area is 146 Å². The normalized spacial score (nSPS) is 11.9. The maximum Gasteiger partial charge on any atom is 0.304 e. The zero-order valence-corrected chi connectivity index (χ0v) is 14.2. The van der Waals surface area contributed by atoms with Crippen molar-refractivity contribution in [2.45, 2.75) is 25.6 Å². The van der Waals surface area contributed by atoms with Crippen LogP contribution in [-0.2, 0) is 17.8 Å². The van der Waals surface area contributed by atoms with E-state index in [2.05, 4.69) is 0 Å². The molecule has 0 aliphatic carbocycles. The molecule has 0 aromatic heterocycles. The summed E-state index contributed by atoms with van der Waals surface area (Å²) in [6.45, 7) is 0.487. The molecule has 1 unspecified atom stereocenters. The van der Waals surface area contributed by atoms with E-state index < -0.39 is 12.1 Å². The molecule has 0 bridgehead atoms. The van der Waals surface area contributed by atoms with Gasteiger partial charge in [0.05, 0.1) is 12.5 Å². The van der Waals surface area contributed by atoms with Gasteiger partial charge in [0.15, 0.2) is 0 Å². The Balaban J connectivity index is 1.85. The topological polar surface area (TPSA) is 66.8 Å². The lowest BCUT2D eigenvalue weighted by atomic mass is 10.1. The van der Waals surface area contributed by atoms with E-state index in [-0.39, 0.29) is 6.42 Å². The van der Waals surface area contributed by atoms with Crippen molar-refractivity contribution in [3.05, 3.63) is 65.7 Å². The number of thioether (sulfide) groups is 1. The third kappa shape index (κ3) is 6.64. The Hall–Kier alpha value is -1.98. The van der Waals surface area contributed by atoms with E-state index in [1.807, 2.05) is 54.6 Å². The van der Waals surface area contributed by atoms with Crippen molar-refractivity contribution >= 4 is 17.7 Å². The van der Waals surface area contributed by atoms with E-state index in [9.17, 15) is 9.90 Å². The fraction of sp³-hybridized carbons (Fsp3) is 0.316. The number of hydrogen-bond donors (Lipinski definition) is 2. The van der Waals surface area contributed by atoms with Crippen molar-refractivity contribution in [1.29, 1.82) is 0 Å². The van der Waals surface area contributed by atoms with Crippen LogP contribution in [0.1, 0.15) is 17.5 Å². The summed E-state index contributed by atoms with van der Waals surface area (Å²) in [7, 11) is 0. The molecule has 0 aliphatic heterocycles. The monoisotopic (exact) mass is 346 g/mol. The predicted molar refractivity (Wildman–Crippen MR) is 96.5 cm³/mol. The fourth-order valence-electron chi connectivity index (χ4n) is 2.24. The summed E-state index contributed by atoms with van der Waals surface area (Å²) < 4.78 is 5.89. The number of hydrogen-bond acceptors (Lipinski definition) is 4. The molecule has 1 atom stereocenters. The Morgan fingerprint density at radius 2 is 1.79 bits per heavy atom. The number of ether oxygens (including phenoxy) is 1. The molecule has 2 rings (SSSR count). The molecule has 2 N–H and O–H groups in total. The van der Waals surface area contributed by atoms with Crippen LogP contribution in [-0.4, -0.2) is 33.8 Å². The minimum Gasteiger partial charge on any atom is -0.489 e. The molecule has 0 fully saturated rings. The van der Waals surface area contributed by atoms with Crippen LogP contribution in [0.25, 0.3) is 0 Å². The van der Waals surface area contributed by atoms with E-state index in [0.29, 0.717) is 24.5 Å². The van der Waals surface area contributed by atoms with E-state index in [0.717, 1.165) is 16.9 Å². The third-order valence-electron chi connectivity index (χ3n) is 3.44. The Kier molecular flexibility index (Phi) is 7.65. The molecule has 2 aromatic carbocycles. The average Bonchev–Trinajstić information content (AvgIpc) is 2.59. The molecule has 128 valence electrons. The maximum absolute atomic E-state index is 10.5. The third-order valence-corrected chi connectivity index (χ3v) is 4.55. The number of carboxylic acids is 1. The number of para-hydroxylation sites is 1. The van der Waals surface area contributed by atoms with E-state index >= 15 is 0 Å². The first-order valence-electron chi connectivity index (χ1n) is 7.87. The molecule has 0 radical (unpaired) electrons. The summed E-state index contributed by atoms with van der Waals surface area (Å²) in [5.41, 5.74) is 2.05. The standard InChI is InChI=1S/C19H22O4S/c20-17(14-24-11-10-19(21)22)12-16-8-4-5-9-18(16)23-13-15-6-2-1-3-7-15/h1-9,17,20H,10-14H2,(H,21,22). The fourth-order valence-corrected chi connectivity index (χ4v) is 3.12. The second-order valence-electron chi connectivity index (χ2n) is 5.46. The molecule has 0 heterocycles. The molecule has 0 aliphatic rings. The minimum atomic E-state index is -0.809. The minimum absolute atomic E-state index is 0.119. The van der Waals surface area contributed by atoms with Gasteiger partial charge in [-0.1, -0.05) is 48.5 Å². The first kappa shape index (κ1) is 18.4. The molecule has 0 amide bonds. The first-order chi connectivity index (χ1) is 11.6. The van der Waals surface area contributed by atoms with Gasteiger partial charge < -0.3 is 14.9 Å². The number of benzene rings is 2. The summed E-state index contributed by atoms with van der Waals surface area (Å²) in [5, 5.41) is 18.8. The van der Waals surface area contributed by atoms with E-state index in [4.69, 9.17) is 9.84 Å². The maximum atomic E-state index is 10.5. The lowest BCUT2D eigenvalue weighted by Gasteiger charge is -2.14. The quantitative estimate of drug-likeness (QED) is 0.646. The smallest absolute Gasteiger partial charge is 0.304 e. The highest BCUT2D eigenvalue weighted by Gasteiger charge is 2.11. The number of carbonyl (C=O) groups is 1. The lowest BCUT2D eigenvalue weighted by molar-refractivity contribution is -0.136. The van der Waals surface area contributed by atoms with Crippen molar-refractivity contribution in [2.24, 2.45) is 0 Å². The summed E-state index contributed by atoms with van der Waals surface area (Å²) >= 11 is 1.45. The Morgan fingerprint density at radius 3 is 2.54 bits per heavy atom. The van der Waals surface area contributed by atoms with Gasteiger partial charge in [0.25, 0.3) is 0 Å². The van der Waals surface area contributed by atoms with Gasteiger partial charge in [0, 0.05) is 17.9 Å². The number of aliphatic hydroxyl groups excluding tert-OH is 1. The van der Waals surface area contributed by atoms with Gasteiger partial charge in [-0.3, -0.25) is 4.79 Å². The van der Waals surface area contributed by atoms with Crippen LogP contribution < -0.4 is 4.74 Å². The Bertz CT molecular complexity index is 630. The Morgan fingerprint density at radius 1 is 1.08 bits per heavy atom. The largest absolute Gasteiger partial charge is 0.489 e. The molecule has 4 nitrogen and oxygen atoms in total. The van der Waals surface area contributed by atoms with Gasteiger partial charge in [0.1, 0.15) is 12.4 Å². The number of aliphatic carboxylic acids is 1. The van der Waals surface area contributed by atoms with Gasteiger partial charge in [-0.2, -0.15) is 11.8 Å². The summed E-state index contributed by atoms with van der Waals surface area (Å²) in [4.78, 5) is 10.5. The van der Waals surface area contributed by atoms with Crippen LogP contribution >= 0.6 is 11.8 Å².